The summed E-state index contributed by atoms with van der Waals surface area (Å²) >= 11 is 1.27. The van der Waals surface area contributed by atoms with Crippen LogP contribution in [0.1, 0.15) is 31.0 Å². The maximum absolute atomic E-state index is 14.0. The summed E-state index contributed by atoms with van der Waals surface area (Å²) in [7, 11) is 1.58. The summed E-state index contributed by atoms with van der Waals surface area (Å²) in [4.78, 5) is 32.5. The number of hydrogen-bond donors (Lipinski definition) is 0. The van der Waals surface area contributed by atoms with E-state index in [1.807, 2.05) is 54.6 Å². The lowest BCUT2D eigenvalue weighted by Gasteiger charge is -2.27. The SMILES string of the molecule is CCOC(=O)C1=C(C)N=c2s/c(=C\c3ccc4c(c3)OCO4)c(=O)n2[C@H]1c1c(OC)ccc2ccccc12. The maximum Gasteiger partial charge on any atom is 0.338 e. The third-order valence-electron chi connectivity index (χ3n) is 6.64. The summed E-state index contributed by atoms with van der Waals surface area (Å²) in [6.07, 6.45) is 1.80. The van der Waals surface area contributed by atoms with Gasteiger partial charge in [0, 0.05) is 5.56 Å². The minimum absolute atomic E-state index is 0.170. The van der Waals surface area contributed by atoms with Crippen molar-refractivity contribution in [2.24, 2.45) is 4.99 Å². The monoisotopic (exact) mass is 528 g/mol. The van der Waals surface area contributed by atoms with Gasteiger partial charge in [-0.1, -0.05) is 47.7 Å². The highest BCUT2D eigenvalue weighted by molar-refractivity contribution is 7.07. The standard InChI is InChI=1S/C29H24N2O6S/c1-4-35-28(33)24-16(2)30-29-31(26(24)25-19-8-6-5-7-18(19)10-12-21(25)34-3)27(32)23(38-29)14-17-9-11-20-22(13-17)37-15-36-20/h5-14,26H,4,15H2,1-3H3/b23-14-/t26-/m1/s1. The molecule has 0 spiro atoms. The number of esters is 1. The lowest BCUT2D eigenvalue weighted by atomic mass is 9.90. The Morgan fingerprint density at radius 2 is 1.97 bits per heavy atom. The summed E-state index contributed by atoms with van der Waals surface area (Å²) in [6, 6.07) is 16.4. The first kappa shape index (κ1) is 24.0. The molecule has 3 heterocycles. The molecular formula is C29H24N2O6S. The molecular weight excluding hydrogens is 504 g/mol. The predicted molar refractivity (Wildman–Crippen MR) is 143 cm³/mol. The van der Waals surface area contributed by atoms with Crippen molar-refractivity contribution >= 4 is 34.2 Å². The quantitative estimate of drug-likeness (QED) is 0.367. The van der Waals surface area contributed by atoms with Crippen LogP contribution in [0.15, 0.2) is 75.7 Å². The fourth-order valence-corrected chi connectivity index (χ4v) is 6.00. The van der Waals surface area contributed by atoms with Gasteiger partial charge < -0.3 is 18.9 Å². The van der Waals surface area contributed by atoms with E-state index in [4.69, 9.17) is 18.9 Å². The second-order valence-electron chi connectivity index (χ2n) is 8.82. The van der Waals surface area contributed by atoms with Crippen molar-refractivity contribution in [3.05, 3.63) is 96.7 Å². The molecule has 2 aliphatic rings. The zero-order chi connectivity index (χ0) is 26.4. The molecule has 0 fully saturated rings. The summed E-state index contributed by atoms with van der Waals surface area (Å²) in [5.41, 5.74) is 2.04. The Hall–Kier alpha value is -4.37. The molecule has 2 aliphatic heterocycles. The minimum Gasteiger partial charge on any atom is -0.496 e. The van der Waals surface area contributed by atoms with Gasteiger partial charge in [-0.25, -0.2) is 9.79 Å². The number of carbonyl (C=O) groups is 1. The third kappa shape index (κ3) is 3.86. The number of fused-ring (bicyclic) bond motifs is 3. The Morgan fingerprint density at radius 3 is 2.79 bits per heavy atom. The molecule has 38 heavy (non-hydrogen) atoms. The number of thiazole rings is 1. The van der Waals surface area contributed by atoms with Crippen LogP contribution in [0, 0.1) is 0 Å². The average molecular weight is 529 g/mol. The second-order valence-corrected chi connectivity index (χ2v) is 9.83. The molecule has 0 radical (unpaired) electrons. The second kappa shape index (κ2) is 9.50. The molecule has 1 aromatic heterocycles. The van der Waals surface area contributed by atoms with Gasteiger partial charge in [0.1, 0.15) is 11.8 Å². The third-order valence-corrected chi connectivity index (χ3v) is 7.62. The van der Waals surface area contributed by atoms with Crippen molar-refractivity contribution in [1.82, 2.24) is 4.57 Å². The Bertz CT molecular complexity index is 1820. The van der Waals surface area contributed by atoms with Gasteiger partial charge in [0.05, 0.1) is 29.5 Å². The van der Waals surface area contributed by atoms with Gasteiger partial charge in [-0.2, -0.15) is 0 Å². The van der Waals surface area contributed by atoms with E-state index in [0.717, 1.165) is 16.3 Å². The van der Waals surface area contributed by atoms with Crippen molar-refractivity contribution in [3.63, 3.8) is 0 Å². The lowest BCUT2D eigenvalue weighted by molar-refractivity contribution is -0.139. The van der Waals surface area contributed by atoms with E-state index < -0.39 is 12.0 Å². The van der Waals surface area contributed by atoms with Crippen LogP contribution in [-0.2, 0) is 9.53 Å². The molecule has 4 aromatic rings. The van der Waals surface area contributed by atoms with Gasteiger partial charge in [0.25, 0.3) is 5.56 Å². The highest BCUT2D eigenvalue weighted by atomic mass is 32.1. The average Bonchev–Trinajstić information content (AvgIpc) is 3.51. The van der Waals surface area contributed by atoms with Crippen molar-refractivity contribution in [3.8, 4) is 17.2 Å². The Kier molecular flexibility index (Phi) is 6.00. The van der Waals surface area contributed by atoms with Gasteiger partial charge in [0.15, 0.2) is 16.3 Å². The minimum atomic E-state index is -0.787. The zero-order valence-corrected chi connectivity index (χ0v) is 21.8. The molecule has 1 atom stereocenters. The predicted octanol–water partition coefficient (Wildman–Crippen LogP) is 3.69. The van der Waals surface area contributed by atoms with Crippen molar-refractivity contribution in [1.29, 1.82) is 0 Å². The largest absolute Gasteiger partial charge is 0.496 e. The molecule has 0 amide bonds. The van der Waals surface area contributed by atoms with E-state index in [0.29, 0.717) is 43.4 Å². The number of hydrogen-bond acceptors (Lipinski definition) is 8. The zero-order valence-electron chi connectivity index (χ0n) is 21.0. The maximum atomic E-state index is 14.0. The topological polar surface area (TPSA) is 88.4 Å². The number of aromatic nitrogens is 1. The summed E-state index contributed by atoms with van der Waals surface area (Å²) < 4.78 is 24.2. The first-order valence-electron chi connectivity index (χ1n) is 12.1. The van der Waals surface area contributed by atoms with Gasteiger partial charge in [-0.05, 0) is 54.5 Å². The van der Waals surface area contributed by atoms with Crippen LogP contribution >= 0.6 is 11.3 Å². The summed E-state index contributed by atoms with van der Waals surface area (Å²) in [5.74, 6) is 1.35. The van der Waals surface area contributed by atoms with Crippen LogP contribution in [0.3, 0.4) is 0 Å². The fourth-order valence-electron chi connectivity index (χ4n) is 4.95. The number of ether oxygens (including phenoxy) is 4. The van der Waals surface area contributed by atoms with Crippen molar-refractivity contribution in [2.45, 2.75) is 19.9 Å². The van der Waals surface area contributed by atoms with Crippen molar-refractivity contribution in [2.75, 3.05) is 20.5 Å². The van der Waals surface area contributed by atoms with Gasteiger partial charge in [0.2, 0.25) is 6.79 Å². The molecule has 9 heteroatoms. The van der Waals surface area contributed by atoms with E-state index in [1.54, 1.807) is 31.6 Å². The highest BCUT2D eigenvalue weighted by Crippen LogP contribution is 2.40. The Labute approximate surface area is 221 Å². The molecule has 8 nitrogen and oxygen atoms in total. The van der Waals surface area contributed by atoms with Crippen molar-refractivity contribution < 1.29 is 23.7 Å². The fraction of sp³-hybridized carbons (Fsp3) is 0.207. The number of allylic oxidation sites excluding steroid dienone is 1. The first-order valence-corrected chi connectivity index (χ1v) is 13.0. The molecule has 192 valence electrons. The highest BCUT2D eigenvalue weighted by Gasteiger charge is 2.36. The van der Waals surface area contributed by atoms with Crippen LogP contribution in [0.4, 0.5) is 0 Å². The number of carbonyl (C=O) groups excluding carboxylic acids is 1. The Balaban J connectivity index is 1.63. The lowest BCUT2D eigenvalue weighted by Crippen LogP contribution is -2.40. The number of rotatable bonds is 5. The van der Waals surface area contributed by atoms with Crippen LogP contribution in [0.25, 0.3) is 16.8 Å². The molecule has 0 bridgehead atoms. The molecule has 0 unspecified atom stereocenters. The molecule has 0 aliphatic carbocycles. The first-order chi connectivity index (χ1) is 18.5. The Morgan fingerprint density at radius 1 is 1.16 bits per heavy atom. The smallest absolute Gasteiger partial charge is 0.338 e. The van der Waals surface area contributed by atoms with E-state index in [1.165, 1.54) is 11.3 Å². The van der Waals surface area contributed by atoms with Crippen LogP contribution in [0.2, 0.25) is 0 Å². The number of methoxy groups -OCH3 is 1. The summed E-state index contributed by atoms with van der Waals surface area (Å²) in [6.45, 7) is 3.89. The van der Waals surface area contributed by atoms with E-state index in [2.05, 4.69) is 4.99 Å². The normalized spacial score (nSPS) is 16.4. The number of nitrogens with zero attached hydrogens (tertiary/aromatic N) is 2. The van der Waals surface area contributed by atoms with Crippen LogP contribution in [0.5, 0.6) is 17.2 Å². The molecule has 0 saturated heterocycles. The van der Waals surface area contributed by atoms with E-state index in [-0.39, 0.29) is 19.0 Å². The summed E-state index contributed by atoms with van der Waals surface area (Å²) in [5, 5.41) is 1.84. The van der Waals surface area contributed by atoms with Gasteiger partial charge in [-0.15, -0.1) is 0 Å². The molecule has 6 rings (SSSR count). The van der Waals surface area contributed by atoms with Gasteiger partial charge in [-0.3, -0.25) is 9.36 Å². The van der Waals surface area contributed by atoms with Gasteiger partial charge >= 0.3 is 5.97 Å². The molecule has 0 N–H and O–H groups in total. The number of benzene rings is 3. The van der Waals surface area contributed by atoms with Crippen LogP contribution in [-0.4, -0.2) is 31.0 Å². The molecule has 3 aromatic carbocycles. The van der Waals surface area contributed by atoms with E-state index in [9.17, 15) is 9.59 Å². The van der Waals surface area contributed by atoms with Crippen LogP contribution < -0.4 is 29.1 Å². The molecule has 0 saturated carbocycles. The van der Waals surface area contributed by atoms with E-state index >= 15 is 0 Å².